The third kappa shape index (κ3) is 3.47. The van der Waals surface area contributed by atoms with E-state index in [0.717, 1.165) is 18.5 Å². The Morgan fingerprint density at radius 3 is 2.84 bits per heavy atom. The molecule has 19 heavy (non-hydrogen) atoms. The number of carbonyl (C=O) groups is 1. The van der Waals surface area contributed by atoms with Crippen LogP contribution in [0.4, 0.5) is 5.69 Å². The SMILES string of the molecule is CNC(=O)c1cccc(NC2CCCCC2OC)c1. The molecule has 1 aliphatic carbocycles. The molecule has 1 amide bonds. The Kier molecular flexibility index (Phi) is 4.80. The molecule has 4 nitrogen and oxygen atoms in total. The molecule has 1 aliphatic rings. The molecule has 1 aromatic carbocycles. The number of hydrogen-bond acceptors (Lipinski definition) is 3. The van der Waals surface area contributed by atoms with Gasteiger partial charge in [-0.2, -0.15) is 0 Å². The van der Waals surface area contributed by atoms with Crippen molar-refractivity contribution in [1.82, 2.24) is 5.32 Å². The Morgan fingerprint density at radius 2 is 2.11 bits per heavy atom. The smallest absolute Gasteiger partial charge is 0.251 e. The second-order valence-electron chi connectivity index (χ2n) is 4.97. The lowest BCUT2D eigenvalue weighted by atomic mass is 9.92. The molecular weight excluding hydrogens is 240 g/mol. The second-order valence-corrected chi connectivity index (χ2v) is 4.97. The molecule has 1 aromatic rings. The Labute approximate surface area is 114 Å². The van der Waals surface area contributed by atoms with Gasteiger partial charge in [0.2, 0.25) is 0 Å². The van der Waals surface area contributed by atoms with Crippen molar-refractivity contribution < 1.29 is 9.53 Å². The van der Waals surface area contributed by atoms with Crippen molar-refractivity contribution in [2.75, 3.05) is 19.5 Å². The van der Waals surface area contributed by atoms with Gasteiger partial charge in [0.15, 0.2) is 0 Å². The van der Waals surface area contributed by atoms with Crippen LogP contribution >= 0.6 is 0 Å². The van der Waals surface area contributed by atoms with E-state index in [1.54, 1.807) is 14.2 Å². The average Bonchev–Trinajstić information content (AvgIpc) is 2.47. The molecular formula is C15H22N2O2. The quantitative estimate of drug-likeness (QED) is 0.876. The van der Waals surface area contributed by atoms with E-state index in [4.69, 9.17) is 4.74 Å². The van der Waals surface area contributed by atoms with Crippen molar-refractivity contribution in [3.05, 3.63) is 29.8 Å². The predicted molar refractivity (Wildman–Crippen MR) is 76.5 cm³/mol. The van der Waals surface area contributed by atoms with Gasteiger partial charge in [-0.25, -0.2) is 0 Å². The summed E-state index contributed by atoms with van der Waals surface area (Å²) in [5, 5.41) is 6.14. The van der Waals surface area contributed by atoms with Gasteiger partial charge in [-0.3, -0.25) is 4.79 Å². The Morgan fingerprint density at radius 1 is 1.32 bits per heavy atom. The first-order valence-corrected chi connectivity index (χ1v) is 6.86. The van der Waals surface area contributed by atoms with Crippen LogP contribution in [0.2, 0.25) is 0 Å². The number of ether oxygens (including phenoxy) is 1. The van der Waals surface area contributed by atoms with Crippen molar-refractivity contribution >= 4 is 11.6 Å². The molecule has 1 saturated carbocycles. The summed E-state index contributed by atoms with van der Waals surface area (Å²) in [6.07, 6.45) is 4.94. The van der Waals surface area contributed by atoms with E-state index in [1.165, 1.54) is 12.8 Å². The Balaban J connectivity index is 2.07. The van der Waals surface area contributed by atoms with Crippen LogP contribution in [0.15, 0.2) is 24.3 Å². The first-order valence-electron chi connectivity index (χ1n) is 6.86. The number of carbonyl (C=O) groups excluding carboxylic acids is 1. The fourth-order valence-electron chi connectivity index (χ4n) is 2.65. The molecule has 0 radical (unpaired) electrons. The van der Waals surface area contributed by atoms with Gasteiger partial charge in [0.1, 0.15) is 0 Å². The molecule has 0 heterocycles. The molecule has 4 heteroatoms. The summed E-state index contributed by atoms with van der Waals surface area (Å²) in [5.74, 6) is -0.0596. The summed E-state index contributed by atoms with van der Waals surface area (Å²) < 4.78 is 5.53. The van der Waals surface area contributed by atoms with E-state index in [1.807, 2.05) is 24.3 Å². The van der Waals surface area contributed by atoms with Crippen LogP contribution in [0.3, 0.4) is 0 Å². The zero-order valence-corrected chi connectivity index (χ0v) is 11.6. The normalized spacial score (nSPS) is 22.8. The highest BCUT2D eigenvalue weighted by Crippen LogP contribution is 2.24. The molecule has 2 unspecified atom stereocenters. The summed E-state index contributed by atoms with van der Waals surface area (Å²) >= 11 is 0. The summed E-state index contributed by atoms with van der Waals surface area (Å²) in [7, 11) is 3.41. The minimum atomic E-state index is -0.0596. The van der Waals surface area contributed by atoms with Crippen molar-refractivity contribution in [3.63, 3.8) is 0 Å². The van der Waals surface area contributed by atoms with Crippen molar-refractivity contribution in [2.45, 2.75) is 37.8 Å². The molecule has 0 bridgehead atoms. The number of nitrogens with one attached hydrogen (secondary N) is 2. The molecule has 2 atom stereocenters. The zero-order chi connectivity index (χ0) is 13.7. The summed E-state index contributed by atoms with van der Waals surface area (Å²) in [4.78, 5) is 11.6. The average molecular weight is 262 g/mol. The highest BCUT2D eigenvalue weighted by molar-refractivity contribution is 5.94. The van der Waals surface area contributed by atoms with Gasteiger partial charge in [-0.05, 0) is 31.0 Å². The maximum absolute atomic E-state index is 11.6. The third-order valence-electron chi connectivity index (χ3n) is 3.71. The van der Waals surface area contributed by atoms with Crippen molar-refractivity contribution in [3.8, 4) is 0 Å². The molecule has 0 spiro atoms. The highest BCUT2D eigenvalue weighted by Gasteiger charge is 2.24. The lowest BCUT2D eigenvalue weighted by Gasteiger charge is -2.31. The molecule has 104 valence electrons. The van der Waals surface area contributed by atoms with Gasteiger partial charge in [-0.1, -0.05) is 18.9 Å². The lowest BCUT2D eigenvalue weighted by molar-refractivity contribution is 0.0606. The maximum Gasteiger partial charge on any atom is 0.251 e. The fraction of sp³-hybridized carbons (Fsp3) is 0.533. The molecule has 0 aromatic heterocycles. The van der Waals surface area contributed by atoms with Crippen molar-refractivity contribution in [1.29, 1.82) is 0 Å². The number of anilines is 1. The number of benzene rings is 1. The molecule has 0 saturated heterocycles. The van der Waals surface area contributed by atoms with Gasteiger partial charge in [-0.15, -0.1) is 0 Å². The zero-order valence-electron chi connectivity index (χ0n) is 11.6. The maximum atomic E-state index is 11.6. The standard InChI is InChI=1S/C15H22N2O2/c1-16-15(18)11-6-5-7-12(10-11)17-13-8-3-4-9-14(13)19-2/h5-7,10,13-14,17H,3-4,8-9H2,1-2H3,(H,16,18). The number of hydrogen-bond donors (Lipinski definition) is 2. The van der Waals surface area contributed by atoms with Gasteiger partial charge in [0.25, 0.3) is 5.91 Å². The van der Waals surface area contributed by atoms with E-state index >= 15 is 0 Å². The van der Waals surface area contributed by atoms with E-state index in [0.29, 0.717) is 11.6 Å². The molecule has 2 rings (SSSR count). The van der Waals surface area contributed by atoms with E-state index in [-0.39, 0.29) is 12.0 Å². The van der Waals surface area contributed by atoms with E-state index < -0.39 is 0 Å². The number of methoxy groups -OCH3 is 1. The van der Waals surface area contributed by atoms with Gasteiger partial charge < -0.3 is 15.4 Å². The third-order valence-corrected chi connectivity index (χ3v) is 3.71. The first-order chi connectivity index (χ1) is 9.24. The van der Waals surface area contributed by atoms with Crippen LogP contribution in [0.25, 0.3) is 0 Å². The number of amides is 1. The van der Waals surface area contributed by atoms with Crippen LogP contribution in [0.5, 0.6) is 0 Å². The monoisotopic (exact) mass is 262 g/mol. The van der Waals surface area contributed by atoms with Crippen LogP contribution < -0.4 is 10.6 Å². The van der Waals surface area contributed by atoms with Crippen LogP contribution in [0, 0.1) is 0 Å². The van der Waals surface area contributed by atoms with Crippen LogP contribution in [-0.4, -0.2) is 32.2 Å². The van der Waals surface area contributed by atoms with Gasteiger partial charge in [0, 0.05) is 25.4 Å². The van der Waals surface area contributed by atoms with Crippen LogP contribution in [-0.2, 0) is 4.74 Å². The molecule has 2 N–H and O–H groups in total. The first kappa shape index (κ1) is 13.9. The summed E-state index contributed by atoms with van der Waals surface area (Å²) in [5.41, 5.74) is 1.66. The van der Waals surface area contributed by atoms with Gasteiger partial charge >= 0.3 is 0 Å². The predicted octanol–water partition coefficient (Wildman–Crippen LogP) is 2.42. The second kappa shape index (κ2) is 6.57. The van der Waals surface area contributed by atoms with E-state index in [2.05, 4.69) is 10.6 Å². The Bertz CT molecular complexity index is 434. The summed E-state index contributed by atoms with van der Waals surface area (Å²) in [6, 6.07) is 7.93. The fourth-order valence-corrected chi connectivity index (χ4v) is 2.65. The molecule has 0 aliphatic heterocycles. The highest BCUT2D eigenvalue weighted by atomic mass is 16.5. The minimum absolute atomic E-state index is 0.0596. The largest absolute Gasteiger partial charge is 0.380 e. The minimum Gasteiger partial charge on any atom is -0.380 e. The van der Waals surface area contributed by atoms with E-state index in [9.17, 15) is 4.79 Å². The molecule has 1 fully saturated rings. The van der Waals surface area contributed by atoms with Crippen LogP contribution in [0.1, 0.15) is 36.0 Å². The van der Waals surface area contributed by atoms with Gasteiger partial charge in [0.05, 0.1) is 12.1 Å². The topological polar surface area (TPSA) is 50.4 Å². The number of rotatable bonds is 4. The lowest BCUT2D eigenvalue weighted by Crippen LogP contribution is -2.37. The Hall–Kier alpha value is -1.55. The summed E-state index contributed by atoms with van der Waals surface area (Å²) in [6.45, 7) is 0. The van der Waals surface area contributed by atoms with Crippen molar-refractivity contribution in [2.24, 2.45) is 0 Å².